The van der Waals surface area contributed by atoms with Crippen LogP contribution in [0.25, 0.3) is 0 Å². The summed E-state index contributed by atoms with van der Waals surface area (Å²) in [5, 5.41) is 5.30. The Morgan fingerprint density at radius 1 is 1.21 bits per heavy atom. The summed E-state index contributed by atoms with van der Waals surface area (Å²) in [6.45, 7) is 6.75. The fraction of sp³-hybridized carbons (Fsp3) is 0.600. The molecule has 2 N–H and O–H groups in total. The largest absolute Gasteiger partial charge is 0.338 e. The molecule has 3 heterocycles. The van der Waals surface area contributed by atoms with Gasteiger partial charge in [-0.15, -0.1) is 11.3 Å². The number of hydrogen-bond donors (Lipinski definition) is 2. The van der Waals surface area contributed by atoms with Crippen molar-refractivity contribution in [2.24, 2.45) is 11.8 Å². The number of likely N-dealkylation sites (tertiary alicyclic amines) is 1. The minimum absolute atomic E-state index is 0.00198. The molecule has 152 valence electrons. The molecule has 0 saturated carbocycles. The number of imide groups is 1. The molecule has 7 nitrogen and oxygen atoms in total. The van der Waals surface area contributed by atoms with Crippen molar-refractivity contribution in [3.8, 4) is 0 Å². The SMILES string of the molecule is CC(=O)c1ccc(C(=O)N2CCC(C3(CCC(C)C)NC(=O)NC3=O)CC2)s1. The smallest absolute Gasteiger partial charge is 0.322 e. The van der Waals surface area contributed by atoms with Crippen LogP contribution in [-0.2, 0) is 4.79 Å². The molecular formula is C20H27N3O4S. The van der Waals surface area contributed by atoms with Gasteiger partial charge in [-0.3, -0.25) is 19.7 Å². The van der Waals surface area contributed by atoms with E-state index in [-0.39, 0.29) is 23.5 Å². The molecule has 1 unspecified atom stereocenters. The molecule has 0 radical (unpaired) electrons. The van der Waals surface area contributed by atoms with Crippen molar-refractivity contribution in [3.05, 3.63) is 21.9 Å². The Kier molecular flexibility index (Phi) is 5.88. The van der Waals surface area contributed by atoms with Crippen LogP contribution in [0.2, 0.25) is 0 Å². The van der Waals surface area contributed by atoms with Crippen LogP contribution in [0.15, 0.2) is 12.1 Å². The predicted octanol–water partition coefficient (Wildman–Crippen LogP) is 2.82. The van der Waals surface area contributed by atoms with Crippen LogP contribution >= 0.6 is 11.3 Å². The molecule has 3 rings (SSSR count). The van der Waals surface area contributed by atoms with Crippen molar-refractivity contribution in [2.75, 3.05) is 13.1 Å². The third-order valence-corrected chi connectivity index (χ3v) is 6.90. The highest BCUT2D eigenvalue weighted by atomic mass is 32.1. The molecular weight excluding hydrogens is 378 g/mol. The molecule has 4 amide bonds. The molecule has 1 aromatic heterocycles. The van der Waals surface area contributed by atoms with E-state index in [0.717, 1.165) is 6.42 Å². The number of piperidine rings is 1. The van der Waals surface area contributed by atoms with Gasteiger partial charge in [-0.1, -0.05) is 13.8 Å². The third kappa shape index (κ3) is 3.97. The zero-order chi connectivity index (χ0) is 20.5. The van der Waals surface area contributed by atoms with E-state index in [1.165, 1.54) is 18.3 Å². The number of thiophene rings is 1. The van der Waals surface area contributed by atoms with Crippen LogP contribution in [0, 0.1) is 11.8 Å². The molecule has 0 spiro atoms. The Balaban J connectivity index is 1.68. The molecule has 2 aliphatic heterocycles. The normalized spacial score (nSPS) is 23.1. The average Bonchev–Trinajstić information content (AvgIpc) is 3.25. The molecule has 0 bridgehead atoms. The number of hydrogen-bond acceptors (Lipinski definition) is 5. The van der Waals surface area contributed by atoms with E-state index in [2.05, 4.69) is 24.5 Å². The van der Waals surface area contributed by atoms with Gasteiger partial charge in [-0.2, -0.15) is 0 Å². The highest BCUT2D eigenvalue weighted by Crippen LogP contribution is 2.36. The zero-order valence-electron chi connectivity index (χ0n) is 16.5. The topological polar surface area (TPSA) is 95.6 Å². The molecule has 0 aromatic carbocycles. The highest BCUT2D eigenvalue weighted by Gasteiger charge is 2.52. The second kappa shape index (κ2) is 8.03. The molecule has 2 saturated heterocycles. The number of nitrogens with one attached hydrogen (secondary N) is 2. The first-order valence-corrected chi connectivity index (χ1v) is 10.6. The minimum atomic E-state index is -0.874. The van der Waals surface area contributed by atoms with Crippen molar-refractivity contribution in [3.63, 3.8) is 0 Å². The van der Waals surface area contributed by atoms with Gasteiger partial charge in [0, 0.05) is 13.1 Å². The quantitative estimate of drug-likeness (QED) is 0.562. The minimum Gasteiger partial charge on any atom is -0.338 e. The number of amides is 4. The number of carbonyl (C=O) groups excluding carboxylic acids is 4. The van der Waals surface area contributed by atoms with Gasteiger partial charge in [0.1, 0.15) is 5.54 Å². The Hall–Kier alpha value is -2.22. The second-order valence-electron chi connectivity index (χ2n) is 8.10. The lowest BCUT2D eigenvalue weighted by molar-refractivity contribution is -0.127. The lowest BCUT2D eigenvalue weighted by Crippen LogP contribution is -2.56. The lowest BCUT2D eigenvalue weighted by atomic mass is 9.74. The van der Waals surface area contributed by atoms with Crippen LogP contribution in [0.4, 0.5) is 4.79 Å². The summed E-state index contributed by atoms with van der Waals surface area (Å²) in [6.07, 6.45) is 2.76. The third-order valence-electron chi connectivity index (χ3n) is 5.73. The van der Waals surface area contributed by atoms with E-state index in [4.69, 9.17) is 0 Å². The van der Waals surface area contributed by atoms with Crippen LogP contribution in [0.1, 0.15) is 65.8 Å². The molecule has 1 aromatic rings. The van der Waals surface area contributed by atoms with Crippen LogP contribution in [0.5, 0.6) is 0 Å². The van der Waals surface area contributed by atoms with Crippen molar-refractivity contribution in [2.45, 2.75) is 52.0 Å². The van der Waals surface area contributed by atoms with E-state index in [9.17, 15) is 19.2 Å². The number of carbonyl (C=O) groups is 4. The monoisotopic (exact) mass is 405 g/mol. The van der Waals surface area contributed by atoms with E-state index in [0.29, 0.717) is 48.0 Å². The Labute approximate surface area is 168 Å². The number of Topliss-reactive ketones (excluding diaryl/α,β-unsaturated/α-hetero) is 1. The predicted molar refractivity (Wildman–Crippen MR) is 106 cm³/mol. The molecule has 1 atom stereocenters. The van der Waals surface area contributed by atoms with E-state index < -0.39 is 11.6 Å². The number of rotatable bonds is 6. The van der Waals surface area contributed by atoms with E-state index in [1.54, 1.807) is 17.0 Å². The second-order valence-corrected chi connectivity index (χ2v) is 9.18. The molecule has 2 aliphatic rings. The summed E-state index contributed by atoms with van der Waals surface area (Å²) in [4.78, 5) is 51.6. The molecule has 2 fully saturated rings. The molecule has 28 heavy (non-hydrogen) atoms. The number of ketones is 1. The maximum atomic E-state index is 12.8. The number of nitrogens with zero attached hydrogens (tertiary/aromatic N) is 1. The summed E-state index contributed by atoms with van der Waals surface area (Å²) in [6, 6.07) is 2.96. The summed E-state index contributed by atoms with van der Waals surface area (Å²) in [5.41, 5.74) is -0.874. The summed E-state index contributed by atoms with van der Waals surface area (Å²) >= 11 is 1.22. The summed E-state index contributed by atoms with van der Waals surface area (Å²) in [5.74, 6) is 0.0632. The van der Waals surface area contributed by atoms with Crippen LogP contribution in [0.3, 0.4) is 0 Å². The van der Waals surface area contributed by atoms with Crippen molar-refractivity contribution < 1.29 is 19.2 Å². The van der Waals surface area contributed by atoms with Gasteiger partial charge < -0.3 is 10.2 Å². The van der Waals surface area contributed by atoms with Gasteiger partial charge in [0.15, 0.2) is 5.78 Å². The fourth-order valence-electron chi connectivity index (χ4n) is 4.06. The van der Waals surface area contributed by atoms with Crippen LogP contribution in [-0.4, -0.2) is 47.2 Å². The van der Waals surface area contributed by atoms with E-state index in [1.807, 2.05) is 0 Å². The van der Waals surface area contributed by atoms with Gasteiger partial charge in [0.05, 0.1) is 9.75 Å². The first-order valence-electron chi connectivity index (χ1n) is 9.76. The van der Waals surface area contributed by atoms with Crippen LogP contribution < -0.4 is 10.6 Å². The zero-order valence-corrected chi connectivity index (χ0v) is 17.4. The fourth-order valence-corrected chi connectivity index (χ4v) is 4.93. The van der Waals surface area contributed by atoms with Gasteiger partial charge in [0.2, 0.25) is 0 Å². The lowest BCUT2D eigenvalue weighted by Gasteiger charge is -2.41. The first-order chi connectivity index (χ1) is 13.2. The van der Waals surface area contributed by atoms with Crippen molar-refractivity contribution in [1.29, 1.82) is 0 Å². The van der Waals surface area contributed by atoms with Gasteiger partial charge in [-0.05, 0) is 56.6 Å². The maximum Gasteiger partial charge on any atom is 0.322 e. The highest BCUT2D eigenvalue weighted by molar-refractivity contribution is 7.15. The maximum absolute atomic E-state index is 12.8. The standard InChI is InChI=1S/C20H27N3O4S/c1-12(2)6-9-20(18(26)21-19(27)22-20)14-7-10-23(11-8-14)17(25)16-5-4-15(28-16)13(3)24/h4-5,12,14H,6-11H2,1-3H3,(H2,21,22,26,27). The van der Waals surface area contributed by atoms with Crippen molar-refractivity contribution in [1.82, 2.24) is 15.5 Å². The van der Waals surface area contributed by atoms with Gasteiger partial charge >= 0.3 is 6.03 Å². The Morgan fingerprint density at radius 3 is 2.36 bits per heavy atom. The average molecular weight is 406 g/mol. The molecule has 0 aliphatic carbocycles. The van der Waals surface area contributed by atoms with Crippen molar-refractivity contribution >= 4 is 35.0 Å². The summed E-state index contributed by atoms with van der Waals surface area (Å²) < 4.78 is 0. The Bertz CT molecular complexity index is 795. The summed E-state index contributed by atoms with van der Waals surface area (Å²) in [7, 11) is 0. The number of urea groups is 1. The first kappa shape index (κ1) is 20.5. The molecule has 8 heteroatoms. The van der Waals surface area contributed by atoms with Gasteiger partial charge in [-0.25, -0.2) is 4.79 Å². The van der Waals surface area contributed by atoms with E-state index >= 15 is 0 Å². The van der Waals surface area contributed by atoms with Gasteiger partial charge in [0.25, 0.3) is 11.8 Å². The Morgan fingerprint density at radius 2 is 1.86 bits per heavy atom.